The van der Waals surface area contributed by atoms with E-state index in [1.807, 2.05) is 6.07 Å². The maximum atomic E-state index is 13.1. The van der Waals surface area contributed by atoms with E-state index in [9.17, 15) is 12.8 Å². The molecule has 1 fully saturated rings. The van der Waals surface area contributed by atoms with Crippen LogP contribution in [0.2, 0.25) is 0 Å². The number of rotatable bonds is 7. The van der Waals surface area contributed by atoms with E-state index in [4.69, 9.17) is 4.74 Å². The van der Waals surface area contributed by atoms with Crippen LogP contribution in [0.15, 0.2) is 48.7 Å². The fourth-order valence-corrected chi connectivity index (χ4v) is 4.37. The lowest BCUT2D eigenvalue weighted by Crippen LogP contribution is -2.37. The second kappa shape index (κ2) is 8.03. The zero-order chi connectivity index (χ0) is 17.7. The van der Waals surface area contributed by atoms with Gasteiger partial charge >= 0.3 is 0 Å². The van der Waals surface area contributed by atoms with Crippen molar-refractivity contribution in [3.63, 3.8) is 0 Å². The van der Waals surface area contributed by atoms with Gasteiger partial charge in [-0.15, -0.1) is 0 Å². The molecule has 1 aliphatic rings. The number of ether oxygens (including phenoxy) is 1. The molecule has 1 aromatic heterocycles. The Morgan fingerprint density at radius 3 is 2.64 bits per heavy atom. The Balaban J connectivity index is 1.79. The predicted molar refractivity (Wildman–Crippen MR) is 92.6 cm³/mol. The molecule has 5 nitrogen and oxygen atoms in total. The molecule has 0 radical (unpaired) electrons. The summed E-state index contributed by atoms with van der Waals surface area (Å²) >= 11 is 0. The minimum atomic E-state index is -3.58. The second-order valence-electron chi connectivity index (χ2n) is 6.13. The van der Waals surface area contributed by atoms with Gasteiger partial charge in [0.25, 0.3) is 0 Å². The van der Waals surface area contributed by atoms with Crippen molar-refractivity contribution in [2.45, 2.75) is 31.2 Å². The molecular formula is C18H21FN2O3S. The first-order valence-electron chi connectivity index (χ1n) is 8.27. The molecule has 1 aliphatic heterocycles. The molecule has 2 aromatic rings. The molecule has 0 bridgehead atoms. The Hall–Kier alpha value is -1.83. The van der Waals surface area contributed by atoms with Crippen molar-refractivity contribution in [3.8, 4) is 0 Å². The topological polar surface area (TPSA) is 59.5 Å². The number of halogens is 1. The predicted octanol–water partition coefficient (Wildman–Crippen LogP) is 2.73. The van der Waals surface area contributed by atoms with E-state index in [2.05, 4.69) is 4.98 Å². The van der Waals surface area contributed by atoms with Gasteiger partial charge in [0, 0.05) is 19.3 Å². The Kier molecular flexibility index (Phi) is 5.78. The molecule has 1 atom stereocenters. The van der Waals surface area contributed by atoms with Crippen LogP contribution in [-0.2, 0) is 27.1 Å². The molecule has 1 saturated heterocycles. The van der Waals surface area contributed by atoms with Gasteiger partial charge < -0.3 is 4.74 Å². The Morgan fingerprint density at radius 2 is 2.00 bits per heavy atom. The highest BCUT2D eigenvalue weighted by molar-refractivity contribution is 7.88. The molecule has 134 valence electrons. The summed E-state index contributed by atoms with van der Waals surface area (Å²) in [6, 6.07) is 11.0. The highest BCUT2D eigenvalue weighted by atomic mass is 32.2. The highest BCUT2D eigenvalue weighted by Crippen LogP contribution is 2.19. The lowest BCUT2D eigenvalue weighted by Gasteiger charge is -2.24. The van der Waals surface area contributed by atoms with E-state index in [0.29, 0.717) is 24.4 Å². The fraction of sp³-hybridized carbons (Fsp3) is 0.389. The van der Waals surface area contributed by atoms with Crippen molar-refractivity contribution < 1.29 is 17.5 Å². The normalized spacial score (nSPS) is 17.9. The summed E-state index contributed by atoms with van der Waals surface area (Å²) in [6.07, 6.45) is 3.35. The Morgan fingerprint density at radius 1 is 1.20 bits per heavy atom. The lowest BCUT2D eigenvalue weighted by molar-refractivity contribution is 0.0923. The van der Waals surface area contributed by atoms with Gasteiger partial charge in [-0.2, -0.15) is 4.31 Å². The first kappa shape index (κ1) is 18.0. The molecule has 2 heterocycles. The second-order valence-corrected chi connectivity index (χ2v) is 8.10. The van der Waals surface area contributed by atoms with Crippen LogP contribution in [0, 0.1) is 5.82 Å². The first-order chi connectivity index (χ1) is 12.0. The van der Waals surface area contributed by atoms with Gasteiger partial charge in [0.2, 0.25) is 10.0 Å². The van der Waals surface area contributed by atoms with Crippen LogP contribution in [-0.4, -0.2) is 37.0 Å². The molecule has 0 amide bonds. The molecule has 7 heteroatoms. The molecule has 0 saturated carbocycles. The molecule has 0 aliphatic carbocycles. The summed E-state index contributed by atoms with van der Waals surface area (Å²) in [5, 5.41) is 0. The fourth-order valence-electron chi connectivity index (χ4n) is 2.85. The lowest BCUT2D eigenvalue weighted by atomic mass is 10.2. The van der Waals surface area contributed by atoms with E-state index in [0.717, 1.165) is 12.8 Å². The number of hydrogen-bond donors (Lipinski definition) is 0. The Labute approximate surface area is 147 Å². The van der Waals surface area contributed by atoms with E-state index < -0.39 is 10.0 Å². The third kappa shape index (κ3) is 5.07. The number of aromatic nitrogens is 1. The van der Waals surface area contributed by atoms with Crippen LogP contribution in [0.5, 0.6) is 0 Å². The van der Waals surface area contributed by atoms with Gasteiger partial charge in [-0.3, -0.25) is 4.98 Å². The van der Waals surface area contributed by atoms with Crippen LogP contribution in [0.3, 0.4) is 0 Å². The monoisotopic (exact) mass is 364 g/mol. The van der Waals surface area contributed by atoms with Gasteiger partial charge in [-0.05, 0) is 42.7 Å². The SMILES string of the molecule is O=S(=O)(Cc1ccc(F)cc1)N(Cc1ccccn1)CC1CCCO1. The Bertz CT molecular complexity index is 776. The average Bonchev–Trinajstić information content (AvgIpc) is 3.10. The minimum absolute atomic E-state index is 0.0910. The van der Waals surface area contributed by atoms with Crippen molar-refractivity contribution >= 4 is 10.0 Å². The van der Waals surface area contributed by atoms with Crippen molar-refractivity contribution in [2.24, 2.45) is 0 Å². The zero-order valence-corrected chi connectivity index (χ0v) is 14.7. The van der Waals surface area contributed by atoms with E-state index >= 15 is 0 Å². The number of benzene rings is 1. The summed E-state index contributed by atoms with van der Waals surface area (Å²) in [5.74, 6) is -0.557. The van der Waals surface area contributed by atoms with Crippen molar-refractivity contribution in [1.82, 2.24) is 9.29 Å². The number of pyridine rings is 1. The highest BCUT2D eigenvalue weighted by Gasteiger charge is 2.28. The minimum Gasteiger partial charge on any atom is -0.377 e. The third-order valence-electron chi connectivity index (χ3n) is 4.15. The van der Waals surface area contributed by atoms with Gasteiger partial charge in [0.15, 0.2) is 0 Å². The standard InChI is InChI=1S/C18H21FN2O3S/c19-16-8-6-15(7-9-16)14-25(22,23)21(13-18-5-3-11-24-18)12-17-4-1-2-10-20-17/h1-2,4,6-10,18H,3,5,11-14H2. The zero-order valence-electron chi connectivity index (χ0n) is 13.8. The van der Waals surface area contributed by atoms with E-state index in [1.54, 1.807) is 18.3 Å². The third-order valence-corrected chi connectivity index (χ3v) is 5.91. The summed E-state index contributed by atoms with van der Waals surface area (Å²) in [4.78, 5) is 4.23. The van der Waals surface area contributed by atoms with Crippen LogP contribution >= 0.6 is 0 Å². The first-order valence-corrected chi connectivity index (χ1v) is 9.88. The van der Waals surface area contributed by atoms with Crippen molar-refractivity contribution in [3.05, 3.63) is 65.7 Å². The molecule has 0 spiro atoms. The number of nitrogens with zero attached hydrogens (tertiary/aromatic N) is 2. The molecule has 3 rings (SSSR count). The van der Waals surface area contributed by atoms with Gasteiger partial charge in [0.05, 0.1) is 24.1 Å². The maximum Gasteiger partial charge on any atom is 0.218 e. The maximum absolute atomic E-state index is 13.1. The average molecular weight is 364 g/mol. The van der Waals surface area contributed by atoms with Gasteiger partial charge in [-0.1, -0.05) is 18.2 Å². The largest absolute Gasteiger partial charge is 0.377 e. The van der Waals surface area contributed by atoms with Crippen LogP contribution in [0.1, 0.15) is 24.1 Å². The van der Waals surface area contributed by atoms with Crippen LogP contribution < -0.4 is 0 Å². The summed E-state index contributed by atoms with van der Waals surface area (Å²) in [6.45, 7) is 1.17. The van der Waals surface area contributed by atoms with Gasteiger partial charge in [0.1, 0.15) is 5.82 Å². The van der Waals surface area contributed by atoms with E-state index in [-0.39, 0.29) is 24.2 Å². The smallest absolute Gasteiger partial charge is 0.218 e. The number of hydrogen-bond acceptors (Lipinski definition) is 4. The summed E-state index contributed by atoms with van der Waals surface area (Å²) in [5.41, 5.74) is 1.24. The molecule has 1 aromatic carbocycles. The van der Waals surface area contributed by atoms with Gasteiger partial charge in [-0.25, -0.2) is 12.8 Å². The molecule has 0 N–H and O–H groups in total. The number of sulfonamides is 1. The molecule has 1 unspecified atom stereocenters. The van der Waals surface area contributed by atoms with Crippen molar-refractivity contribution in [1.29, 1.82) is 0 Å². The van der Waals surface area contributed by atoms with E-state index in [1.165, 1.54) is 28.6 Å². The molecule has 25 heavy (non-hydrogen) atoms. The summed E-state index contributed by atoms with van der Waals surface area (Å²) in [7, 11) is -3.58. The summed E-state index contributed by atoms with van der Waals surface area (Å²) < 4.78 is 45.9. The molecular weight excluding hydrogens is 343 g/mol. The van der Waals surface area contributed by atoms with Crippen molar-refractivity contribution in [2.75, 3.05) is 13.2 Å². The van der Waals surface area contributed by atoms with Crippen LogP contribution in [0.4, 0.5) is 4.39 Å². The van der Waals surface area contributed by atoms with Crippen LogP contribution in [0.25, 0.3) is 0 Å². The quantitative estimate of drug-likeness (QED) is 0.758.